The van der Waals surface area contributed by atoms with E-state index in [2.05, 4.69) is 88.5 Å². The van der Waals surface area contributed by atoms with Gasteiger partial charge in [-0.05, 0) is 83.5 Å². The van der Waals surface area contributed by atoms with Gasteiger partial charge in [0.25, 0.3) is 0 Å². The molecule has 0 saturated carbocycles. The van der Waals surface area contributed by atoms with E-state index in [1.165, 1.54) is 109 Å². The number of hydrogen-bond acceptors (Lipinski definition) is 15. The number of aliphatic hydroxyl groups is 1. The highest BCUT2D eigenvalue weighted by atomic mass is 31.2. The smallest absolute Gasteiger partial charge is 0.462 e. The largest absolute Gasteiger partial charge is 0.472 e. The van der Waals surface area contributed by atoms with Crippen LogP contribution >= 0.6 is 15.6 Å². The van der Waals surface area contributed by atoms with Crippen LogP contribution in [0.1, 0.15) is 310 Å². The molecule has 0 heterocycles. The molecule has 0 aliphatic heterocycles. The first kappa shape index (κ1) is 88.5. The van der Waals surface area contributed by atoms with Gasteiger partial charge in [-0.1, -0.05) is 274 Å². The Morgan fingerprint density at radius 2 is 0.587 bits per heavy atom. The van der Waals surface area contributed by atoms with Gasteiger partial charge >= 0.3 is 39.5 Å². The molecule has 5 unspecified atom stereocenters. The lowest BCUT2D eigenvalue weighted by atomic mass is 10.0. The number of unbranched alkanes of at least 4 members (excludes halogenated alkanes) is 30. The molecule has 0 aromatic heterocycles. The predicted octanol–water partition coefficient (Wildman–Crippen LogP) is 20.1. The molecular formula is C73H130O17P2. The van der Waals surface area contributed by atoms with Gasteiger partial charge in [0.2, 0.25) is 0 Å². The Kier molecular flexibility index (Phi) is 63.6. The van der Waals surface area contributed by atoms with Gasteiger partial charge in [0.1, 0.15) is 19.3 Å². The summed E-state index contributed by atoms with van der Waals surface area (Å²) in [5.74, 6) is -2.23. The normalized spacial score (nSPS) is 14.5. The molecule has 0 radical (unpaired) electrons. The Morgan fingerprint density at radius 1 is 0.315 bits per heavy atom. The van der Waals surface area contributed by atoms with E-state index in [0.29, 0.717) is 32.1 Å². The molecule has 0 amide bonds. The van der Waals surface area contributed by atoms with Gasteiger partial charge in [0.05, 0.1) is 26.4 Å². The van der Waals surface area contributed by atoms with Crippen molar-refractivity contribution < 1.29 is 80.2 Å². The monoisotopic (exact) mass is 1340 g/mol. The third kappa shape index (κ3) is 65.2. The van der Waals surface area contributed by atoms with Crippen molar-refractivity contribution in [1.82, 2.24) is 0 Å². The van der Waals surface area contributed by atoms with E-state index in [9.17, 15) is 43.2 Å². The fourth-order valence-electron chi connectivity index (χ4n) is 9.65. The zero-order valence-corrected chi connectivity index (χ0v) is 59.8. The molecule has 17 nitrogen and oxygen atoms in total. The average Bonchev–Trinajstić information content (AvgIpc) is 2.31. The molecule has 0 aliphatic rings. The summed E-state index contributed by atoms with van der Waals surface area (Å²) < 4.78 is 68.2. The first-order valence-corrected chi connectivity index (χ1v) is 39.2. The molecule has 0 spiro atoms. The highest BCUT2D eigenvalue weighted by Gasteiger charge is 2.30. The molecule has 19 heteroatoms. The van der Waals surface area contributed by atoms with Crippen molar-refractivity contribution in [3.63, 3.8) is 0 Å². The van der Waals surface area contributed by atoms with Gasteiger partial charge < -0.3 is 33.8 Å². The number of carbonyl (C=O) groups excluding carboxylic acids is 4. The maximum absolute atomic E-state index is 13.0. The molecule has 0 fully saturated rings. The summed E-state index contributed by atoms with van der Waals surface area (Å²) in [6.45, 7) is 4.65. The van der Waals surface area contributed by atoms with Crippen LogP contribution in [-0.4, -0.2) is 96.7 Å². The molecule has 0 bridgehead atoms. The highest BCUT2D eigenvalue weighted by Crippen LogP contribution is 2.45. The fourth-order valence-corrected chi connectivity index (χ4v) is 11.2. The summed E-state index contributed by atoms with van der Waals surface area (Å²) in [5.41, 5.74) is 0. The Bertz CT molecular complexity index is 2040. The quantitative estimate of drug-likeness (QED) is 0.0169. The van der Waals surface area contributed by atoms with Crippen molar-refractivity contribution in [2.45, 2.75) is 329 Å². The lowest BCUT2D eigenvalue weighted by Crippen LogP contribution is -2.30. The van der Waals surface area contributed by atoms with E-state index in [-0.39, 0.29) is 25.7 Å². The minimum Gasteiger partial charge on any atom is -0.462 e. The third-order valence-electron chi connectivity index (χ3n) is 15.2. The van der Waals surface area contributed by atoms with Crippen molar-refractivity contribution in [3.05, 3.63) is 72.9 Å². The lowest BCUT2D eigenvalue weighted by Gasteiger charge is -2.21. The Hall–Kier alpha value is -3.50. The minimum atomic E-state index is -4.97. The van der Waals surface area contributed by atoms with Crippen LogP contribution in [0.15, 0.2) is 72.9 Å². The molecule has 0 aliphatic carbocycles. The van der Waals surface area contributed by atoms with Crippen molar-refractivity contribution in [2.24, 2.45) is 0 Å². The van der Waals surface area contributed by atoms with Gasteiger partial charge in [-0.2, -0.15) is 0 Å². The van der Waals surface area contributed by atoms with Gasteiger partial charge in [0, 0.05) is 25.7 Å². The number of phosphoric acid groups is 2. The van der Waals surface area contributed by atoms with Crippen LogP contribution in [0.25, 0.3) is 0 Å². The molecule has 0 aromatic carbocycles. The van der Waals surface area contributed by atoms with Crippen LogP contribution in [0, 0.1) is 0 Å². The topological polar surface area (TPSA) is 237 Å². The molecular weight excluding hydrogens is 1210 g/mol. The molecule has 3 N–H and O–H groups in total. The molecule has 92 heavy (non-hydrogen) atoms. The Morgan fingerprint density at radius 3 is 0.957 bits per heavy atom. The number of phosphoric ester groups is 2. The molecule has 0 saturated heterocycles. The van der Waals surface area contributed by atoms with Gasteiger partial charge in [-0.25, -0.2) is 9.13 Å². The van der Waals surface area contributed by atoms with E-state index >= 15 is 0 Å². The van der Waals surface area contributed by atoms with Gasteiger partial charge in [0.15, 0.2) is 12.2 Å². The van der Waals surface area contributed by atoms with Crippen LogP contribution < -0.4 is 0 Å². The zero-order valence-electron chi connectivity index (χ0n) is 58.0. The first-order valence-electron chi connectivity index (χ1n) is 36.2. The minimum absolute atomic E-state index is 0.0865. The first-order chi connectivity index (χ1) is 44.7. The summed E-state index contributed by atoms with van der Waals surface area (Å²) in [6.07, 6.45) is 63.5. The maximum atomic E-state index is 13.0. The summed E-state index contributed by atoms with van der Waals surface area (Å²) in [4.78, 5) is 72.5. The summed E-state index contributed by atoms with van der Waals surface area (Å²) in [6, 6.07) is 0. The van der Waals surface area contributed by atoms with Crippen molar-refractivity contribution in [3.8, 4) is 0 Å². The number of esters is 4. The summed E-state index contributed by atoms with van der Waals surface area (Å²) in [5, 5.41) is 10.6. The summed E-state index contributed by atoms with van der Waals surface area (Å²) >= 11 is 0. The third-order valence-corrected chi connectivity index (χ3v) is 17.1. The lowest BCUT2D eigenvalue weighted by molar-refractivity contribution is -0.161. The maximum Gasteiger partial charge on any atom is 0.472 e. The molecule has 534 valence electrons. The average molecular weight is 1340 g/mol. The Balaban J connectivity index is 5.32. The van der Waals surface area contributed by atoms with Crippen LogP contribution in [0.3, 0.4) is 0 Å². The number of rotatable bonds is 68. The number of ether oxygens (including phenoxy) is 4. The van der Waals surface area contributed by atoms with Crippen molar-refractivity contribution >= 4 is 39.5 Å². The van der Waals surface area contributed by atoms with Crippen LogP contribution in [0.4, 0.5) is 0 Å². The van der Waals surface area contributed by atoms with Crippen molar-refractivity contribution in [2.75, 3.05) is 39.6 Å². The van der Waals surface area contributed by atoms with E-state index in [1.807, 2.05) is 12.2 Å². The second-order valence-corrected chi connectivity index (χ2v) is 27.1. The predicted molar refractivity (Wildman–Crippen MR) is 372 cm³/mol. The van der Waals surface area contributed by atoms with Crippen LogP contribution in [-0.2, 0) is 65.4 Å². The van der Waals surface area contributed by atoms with E-state index in [1.54, 1.807) is 0 Å². The second kappa shape index (κ2) is 66.1. The number of carbonyl (C=O) groups is 4. The number of hydrogen-bond donors (Lipinski definition) is 3. The van der Waals surface area contributed by atoms with E-state index in [0.717, 1.165) is 116 Å². The number of aliphatic hydroxyl groups excluding tert-OH is 1. The van der Waals surface area contributed by atoms with Gasteiger partial charge in [-0.15, -0.1) is 0 Å². The number of allylic oxidation sites excluding steroid dienone is 12. The SMILES string of the molecule is CC/C=C\C/C=C\C/C=C\C/C=C\C/C=C\CCCC(=O)OCC(COP(=O)(O)OCC(O)COP(=O)(O)OCC(COC(=O)CCCCCCCCCCCCCCC)OC(=O)CCCCCCC/C=C\CCCC)OC(=O)CCCCCCCCCCCCC. The van der Waals surface area contributed by atoms with E-state index < -0.39 is 97.5 Å². The zero-order chi connectivity index (χ0) is 67.5. The molecule has 0 rings (SSSR count). The second-order valence-electron chi connectivity index (χ2n) is 24.2. The van der Waals surface area contributed by atoms with E-state index in [4.69, 9.17) is 37.0 Å². The molecule has 5 atom stereocenters. The van der Waals surface area contributed by atoms with Gasteiger partial charge in [-0.3, -0.25) is 37.3 Å². The fraction of sp³-hybridized carbons (Fsp3) is 0.781. The summed E-state index contributed by atoms with van der Waals surface area (Å²) in [7, 11) is -9.94. The van der Waals surface area contributed by atoms with Crippen LogP contribution in [0.2, 0.25) is 0 Å². The standard InChI is InChI=1S/C73H130O17P2/c1-5-9-13-17-21-25-29-31-32-33-34-36-40-42-46-50-54-58-71(76)84-64-69(90-73(78)60-56-52-48-44-38-28-24-20-16-12-8-4)66-88-92(81,82)86-62-67(74)61-85-91(79,80)87-65-68(89-72(77)59-55-51-47-43-37-27-23-19-15-11-7-3)63-83-70(75)57-53-49-45-41-39-35-30-26-22-18-14-10-6-2/h9,13,19,21,23,25,31-32,34,36,42,46,67-69,74H,5-8,10-12,14-18,20,22,24,26-30,33,35,37-41,43-45,47-66H2,1-4H3,(H,79,80)(H,81,82)/b13-9-,23-19-,25-21-,32-31-,36-34-,46-42-. The van der Waals surface area contributed by atoms with Crippen LogP contribution in [0.5, 0.6) is 0 Å². The Labute approximate surface area is 558 Å². The molecule has 0 aromatic rings. The highest BCUT2D eigenvalue weighted by molar-refractivity contribution is 7.47. The van der Waals surface area contributed by atoms with Crippen molar-refractivity contribution in [1.29, 1.82) is 0 Å².